The van der Waals surface area contributed by atoms with Crippen molar-refractivity contribution in [2.24, 2.45) is 0 Å². The third kappa shape index (κ3) is 5.96. The first kappa shape index (κ1) is 27.6. The summed E-state index contributed by atoms with van der Waals surface area (Å²) in [6, 6.07) is 7.12. The molecular weight excluding hydrogens is 543 g/mol. The number of hydrogen-bond acceptors (Lipinski definition) is 7. The number of carbonyl (C=O) groups excluding carboxylic acids is 1. The van der Waals surface area contributed by atoms with Crippen molar-refractivity contribution in [3.8, 4) is 0 Å². The highest BCUT2D eigenvalue weighted by Crippen LogP contribution is 2.30. The standard InChI is InChI=1S/C27H31FN4O5S2/c1-39(36,37)16-17-4-2-3-5-22(17)25(33)30-19-6-8-20(9-7-19)32-26(34)23-14-18(28)15-29-24(23)31(27(32)35)21-10-12-38-13-11-21/h2-5,14-15,19-21H,6-13,16H2,1H3,(H,30,33). The van der Waals surface area contributed by atoms with Crippen LogP contribution in [0.15, 0.2) is 46.1 Å². The molecule has 9 nitrogen and oxygen atoms in total. The van der Waals surface area contributed by atoms with E-state index in [4.69, 9.17) is 0 Å². The predicted octanol–water partition coefficient (Wildman–Crippen LogP) is 3.22. The second-order valence-corrected chi connectivity index (χ2v) is 13.8. The number of nitrogens with zero attached hydrogens (tertiary/aromatic N) is 3. The Kier molecular flexibility index (Phi) is 7.95. The van der Waals surface area contributed by atoms with Crippen LogP contribution in [0, 0.1) is 5.82 Å². The predicted molar refractivity (Wildman–Crippen MR) is 150 cm³/mol. The van der Waals surface area contributed by atoms with E-state index in [2.05, 4.69) is 10.3 Å². The molecule has 0 bridgehead atoms. The molecule has 1 aromatic carbocycles. The van der Waals surface area contributed by atoms with Gasteiger partial charge in [-0.1, -0.05) is 18.2 Å². The number of sulfone groups is 1. The van der Waals surface area contributed by atoms with E-state index in [1.807, 2.05) is 11.8 Å². The molecule has 1 saturated heterocycles. The zero-order valence-corrected chi connectivity index (χ0v) is 23.3. The van der Waals surface area contributed by atoms with Crippen LogP contribution in [-0.4, -0.2) is 52.2 Å². The van der Waals surface area contributed by atoms with E-state index in [9.17, 15) is 27.2 Å². The lowest BCUT2D eigenvalue weighted by atomic mass is 9.90. The molecule has 1 aliphatic carbocycles. The number of fused-ring (bicyclic) bond motifs is 1. The molecule has 1 aliphatic heterocycles. The third-order valence-electron chi connectivity index (χ3n) is 7.56. The van der Waals surface area contributed by atoms with E-state index in [0.29, 0.717) is 36.8 Å². The van der Waals surface area contributed by atoms with Gasteiger partial charge in [0.25, 0.3) is 11.5 Å². The maximum absolute atomic E-state index is 14.1. The molecule has 2 aromatic heterocycles. The van der Waals surface area contributed by atoms with Crippen LogP contribution >= 0.6 is 11.8 Å². The molecule has 39 heavy (non-hydrogen) atoms. The second-order valence-electron chi connectivity index (χ2n) is 10.4. The number of carbonyl (C=O) groups is 1. The smallest absolute Gasteiger partial charge is 0.333 e. The fourth-order valence-electron chi connectivity index (χ4n) is 5.69. The van der Waals surface area contributed by atoms with E-state index in [1.165, 1.54) is 4.57 Å². The van der Waals surface area contributed by atoms with Gasteiger partial charge in [-0.3, -0.25) is 18.7 Å². The molecule has 0 unspecified atom stereocenters. The van der Waals surface area contributed by atoms with Crippen molar-refractivity contribution in [3.05, 3.63) is 74.3 Å². The minimum absolute atomic E-state index is 0.103. The summed E-state index contributed by atoms with van der Waals surface area (Å²) in [5.74, 6) is 0.599. The Bertz CT molecular complexity index is 1620. The SMILES string of the molecule is CS(=O)(=O)Cc1ccccc1C(=O)NC1CCC(n2c(=O)c3cc(F)cnc3n(C3CCSCC3)c2=O)CC1. The second kappa shape index (κ2) is 11.2. The number of amides is 1. The summed E-state index contributed by atoms with van der Waals surface area (Å²) in [5, 5.41) is 3.10. The quantitative estimate of drug-likeness (QED) is 0.480. The lowest BCUT2D eigenvalue weighted by molar-refractivity contribution is 0.0921. The first-order chi connectivity index (χ1) is 18.6. The van der Waals surface area contributed by atoms with E-state index >= 15 is 0 Å². The van der Waals surface area contributed by atoms with Crippen molar-refractivity contribution in [1.82, 2.24) is 19.4 Å². The van der Waals surface area contributed by atoms with Crippen LogP contribution in [0.1, 0.15) is 66.5 Å². The normalized spacial score (nSPS) is 20.7. The molecule has 0 atom stereocenters. The summed E-state index contributed by atoms with van der Waals surface area (Å²) in [7, 11) is -3.32. The molecule has 12 heteroatoms. The van der Waals surface area contributed by atoms with Gasteiger partial charge in [-0.15, -0.1) is 0 Å². The minimum atomic E-state index is -3.32. The fraction of sp³-hybridized carbons (Fsp3) is 0.481. The van der Waals surface area contributed by atoms with E-state index < -0.39 is 26.9 Å². The fourth-order valence-corrected chi connectivity index (χ4v) is 7.59. The molecule has 3 aromatic rings. The lowest BCUT2D eigenvalue weighted by Crippen LogP contribution is -2.46. The van der Waals surface area contributed by atoms with Gasteiger partial charge in [0.15, 0.2) is 9.84 Å². The largest absolute Gasteiger partial charge is 0.349 e. The topological polar surface area (TPSA) is 120 Å². The maximum Gasteiger partial charge on any atom is 0.333 e. The van der Waals surface area contributed by atoms with Crippen molar-refractivity contribution >= 4 is 38.5 Å². The first-order valence-electron chi connectivity index (χ1n) is 13.1. The summed E-state index contributed by atoms with van der Waals surface area (Å²) in [6.07, 6.45) is 5.77. The van der Waals surface area contributed by atoms with Crippen LogP contribution in [-0.2, 0) is 15.6 Å². The van der Waals surface area contributed by atoms with Gasteiger partial charge < -0.3 is 5.32 Å². The Labute approximate surface area is 229 Å². The molecule has 5 rings (SSSR count). The van der Waals surface area contributed by atoms with Gasteiger partial charge in [0.2, 0.25) is 0 Å². The molecule has 1 N–H and O–H groups in total. The average Bonchev–Trinajstić information content (AvgIpc) is 2.90. The Balaban J connectivity index is 1.38. The van der Waals surface area contributed by atoms with E-state index in [0.717, 1.165) is 42.9 Å². The summed E-state index contributed by atoms with van der Waals surface area (Å²) in [6.45, 7) is 0. The van der Waals surface area contributed by atoms with Gasteiger partial charge in [-0.2, -0.15) is 11.8 Å². The molecular formula is C27H31FN4O5S2. The monoisotopic (exact) mass is 574 g/mol. The van der Waals surface area contributed by atoms with Crippen LogP contribution in [0.3, 0.4) is 0 Å². The Morgan fingerprint density at radius 2 is 1.72 bits per heavy atom. The highest BCUT2D eigenvalue weighted by Gasteiger charge is 2.30. The molecule has 1 amide bonds. The van der Waals surface area contributed by atoms with Crippen molar-refractivity contribution in [2.45, 2.75) is 62.4 Å². The van der Waals surface area contributed by atoms with Crippen molar-refractivity contribution < 1.29 is 17.6 Å². The van der Waals surface area contributed by atoms with Gasteiger partial charge >= 0.3 is 5.69 Å². The molecule has 3 heterocycles. The molecule has 2 aliphatic rings. The first-order valence-corrected chi connectivity index (χ1v) is 16.3. The van der Waals surface area contributed by atoms with Gasteiger partial charge in [0, 0.05) is 29.9 Å². The maximum atomic E-state index is 14.1. The number of halogens is 1. The van der Waals surface area contributed by atoms with Crippen LogP contribution in [0.5, 0.6) is 0 Å². The molecule has 1 saturated carbocycles. The summed E-state index contributed by atoms with van der Waals surface area (Å²) >= 11 is 1.82. The molecule has 0 spiro atoms. The average molecular weight is 575 g/mol. The van der Waals surface area contributed by atoms with E-state index in [-0.39, 0.29) is 40.8 Å². The number of nitrogens with one attached hydrogen (secondary N) is 1. The number of rotatable bonds is 6. The van der Waals surface area contributed by atoms with E-state index in [1.54, 1.807) is 28.8 Å². The number of benzene rings is 1. The summed E-state index contributed by atoms with van der Waals surface area (Å²) in [4.78, 5) is 44.4. The number of thioether (sulfide) groups is 1. The Hall–Kier alpha value is -2.99. The summed E-state index contributed by atoms with van der Waals surface area (Å²) < 4.78 is 40.6. The van der Waals surface area contributed by atoms with Gasteiger partial charge in [0.05, 0.1) is 17.3 Å². The van der Waals surface area contributed by atoms with Gasteiger partial charge in [-0.05, 0) is 67.7 Å². The van der Waals surface area contributed by atoms with Gasteiger partial charge in [-0.25, -0.2) is 22.6 Å². The van der Waals surface area contributed by atoms with Crippen LogP contribution < -0.4 is 16.6 Å². The molecule has 2 fully saturated rings. The van der Waals surface area contributed by atoms with Crippen molar-refractivity contribution in [1.29, 1.82) is 0 Å². The molecule has 0 radical (unpaired) electrons. The minimum Gasteiger partial charge on any atom is -0.349 e. The third-order valence-corrected chi connectivity index (χ3v) is 9.44. The van der Waals surface area contributed by atoms with Crippen LogP contribution in [0.4, 0.5) is 4.39 Å². The molecule has 208 valence electrons. The Morgan fingerprint density at radius 3 is 2.41 bits per heavy atom. The van der Waals surface area contributed by atoms with Crippen molar-refractivity contribution in [3.63, 3.8) is 0 Å². The lowest BCUT2D eigenvalue weighted by Gasteiger charge is -2.31. The summed E-state index contributed by atoms with van der Waals surface area (Å²) in [5.41, 5.74) is 0.0415. The highest BCUT2D eigenvalue weighted by molar-refractivity contribution is 7.99. The number of aromatic nitrogens is 3. The zero-order chi connectivity index (χ0) is 27.7. The Morgan fingerprint density at radius 1 is 1.05 bits per heavy atom. The van der Waals surface area contributed by atoms with Crippen molar-refractivity contribution in [2.75, 3.05) is 17.8 Å². The van der Waals surface area contributed by atoms with Crippen LogP contribution in [0.25, 0.3) is 11.0 Å². The number of hydrogen-bond donors (Lipinski definition) is 1. The van der Waals surface area contributed by atoms with Crippen LogP contribution in [0.2, 0.25) is 0 Å². The zero-order valence-electron chi connectivity index (χ0n) is 21.6. The number of pyridine rings is 1. The highest BCUT2D eigenvalue weighted by atomic mass is 32.2. The van der Waals surface area contributed by atoms with Gasteiger partial charge in [0.1, 0.15) is 11.5 Å².